The number of likely N-dealkylation sites (tertiary alicyclic amines) is 1. The second-order valence-electron chi connectivity index (χ2n) is 6.51. The first-order valence-corrected chi connectivity index (χ1v) is 8.66. The molecule has 0 aromatic heterocycles. The van der Waals surface area contributed by atoms with Crippen molar-refractivity contribution in [1.29, 1.82) is 0 Å². The Balaban J connectivity index is 1.72. The van der Waals surface area contributed by atoms with Crippen LogP contribution in [0.15, 0.2) is 24.3 Å². The number of carboxylic acids is 1. The minimum absolute atomic E-state index is 0.156. The number of carbonyl (C=O) groups is 3. The molecule has 2 aliphatic rings. The van der Waals surface area contributed by atoms with Crippen molar-refractivity contribution in [3.05, 3.63) is 24.3 Å². The molecule has 1 aromatic rings. The van der Waals surface area contributed by atoms with E-state index in [9.17, 15) is 19.5 Å². The number of aliphatic carboxylic acids is 1. The van der Waals surface area contributed by atoms with Crippen LogP contribution in [-0.4, -0.2) is 43.5 Å². The fourth-order valence-electron chi connectivity index (χ4n) is 3.67. The van der Waals surface area contributed by atoms with Gasteiger partial charge in [-0.3, -0.25) is 9.59 Å². The summed E-state index contributed by atoms with van der Waals surface area (Å²) in [4.78, 5) is 38.4. The van der Waals surface area contributed by atoms with Crippen molar-refractivity contribution in [2.75, 3.05) is 24.6 Å². The number of carbonyl (C=O) groups excluding carboxylic acids is 3. The van der Waals surface area contributed by atoms with Gasteiger partial charge in [-0.2, -0.15) is 0 Å². The quantitative estimate of drug-likeness (QED) is 0.674. The van der Waals surface area contributed by atoms with Gasteiger partial charge in [0.25, 0.3) is 5.91 Å². The highest BCUT2D eigenvalue weighted by molar-refractivity contribution is 6.21. The fraction of sp³-hybridized carbons (Fsp3) is 0.500. The first kappa shape index (κ1) is 17.4. The number of quaternary nitrogens is 1. The lowest BCUT2D eigenvalue weighted by Gasteiger charge is -2.32. The van der Waals surface area contributed by atoms with Gasteiger partial charge in [0, 0.05) is 30.8 Å². The molecule has 0 radical (unpaired) electrons. The second-order valence-corrected chi connectivity index (χ2v) is 6.51. The smallest absolute Gasteiger partial charge is 0.292 e. The number of nitrogens with zero attached hydrogens (tertiary/aromatic N) is 1. The van der Waals surface area contributed by atoms with E-state index in [-0.39, 0.29) is 18.2 Å². The third kappa shape index (κ3) is 3.51. The lowest BCUT2D eigenvalue weighted by molar-refractivity contribution is -0.920. The zero-order valence-electron chi connectivity index (χ0n) is 14.2. The van der Waals surface area contributed by atoms with Crippen molar-refractivity contribution in [2.24, 2.45) is 5.92 Å². The highest BCUT2D eigenvalue weighted by Crippen LogP contribution is 2.26. The molecule has 2 fully saturated rings. The monoisotopic (exact) mass is 346 g/mol. The highest BCUT2D eigenvalue weighted by atomic mass is 16.5. The first-order valence-electron chi connectivity index (χ1n) is 8.66. The summed E-state index contributed by atoms with van der Waals surface area (Å²) >= 11 is 0. The molecule has 0 bridgehead atoms. The van der Waals surface area contributed by atoms with Crippen molar-refractivity contribution >= 4 is 23.5 Å². The average molecular weight is 346 g/mol. The number of hydrogen-bond acceptors (Lipinski definition) is 5. The summed E-state index contributed by atoms with van der Waals surface area (Å²) in [6, 6.07) is 6.52. The van der Waals surface area contributed by atoms with Crippen LogP contribution in [0, 0.1) is 5.92 Å². The topological polar surface area (TPSA) is 91.2 Å². The van der Waals surface area contributed by atoms with Gasteiger partial charge in [-0.05, 0) is 19.1 Å². The van der Waals surface area contributed by atoms with Crippen LogP contribution in [0.4, 0.5) is 5.69 Å². The number of amides is 2. The van der Waals surface area contributed by atoms with E-state index >= 15 is 0 Å². The number of hydrogen-bond donors (Lipinski definition) is 1. The van der Waals surface area contributed by atoms with Crippen LogP contribution in [0.5, 0.6) is 5.75 Å². The Bertz CT molecular complexity index is 682. The Kier molecular flexibility index (Phi) is 5.03. The minimum Gasteiger partial charge on any atom is -0.550 e. The average Bonchev–Trinajstić information content (AvgIpc) is 2.90. The first-order chi connectivity index (χ1) is 12.0. The predicted octanol–water partition coefficient (Wildman–Crippen LogP) is -1.24. The second kappa shape index (κ2) is 7.23. The van der Waals surface area contributed by atoms with Gasteiger partial charge in [0.15, 0.2) is 6.04 Å². The van der Waals surface area contributed by atoms with E-state index in [4.69, 9.17) is 4.74 Å². The Hall–Kier alpha value is -2.41. The summed E-state index contributed by atoms with van der Waals surface area (Å²) in [5.41, 5.74) is 0.521. The molecule has 0 aliphatic carbocycles. The number of ether oxygens (including phenoxy) is 1. The van der Waals surface area contributed by atoms with Gasteiger partial charge in [-0.1, -0.05) is 6.07 Å². The van der Waals surface area contributed by atoms with Crippen molar-refractivity contribution in [1.82, 2.24) is 0 Å². The van der Waals surface area contributed by atoms with Crippen LogP contribution >= 0.6 is 0 Å². The molecule has 25 heavy (non-hydrogen) atoms. The van der Waals surface area contributed by atoms with Crippen LogP contribution < -0.4 is 19.6 Å². The number of nitrogens with one attached hydrogen (secondary N) is 1. The molecule has 2 heterocycles. The molecule has 1 atom stereocenters. The molecule has 0 saturated carbocycles. The Morgan fingerprint density at radius 1 is 1.32 bits per heavy atom. The van der Waals surface area contributed by atoms with Crippen LogP contribution in [0.3, 0.4) is 0 Å². The molecule has 1 aromatic carbocycles. The molecule has 2 saturated heterocycles. The summed E-state index contributed by atoms with van der Waals surface area (Å²) in [5, 5.41) is 11.0. The third-order valence-electron chi connectivity index (χ3n) is 4.99. The van der Waals surface area contributed by atoms with Gasteiger partial charge < -0.3 is 19.5 Å². The van der Waals surface area contributed by atoms with Gasteiger partial charge in [0.1, 0.15) is 5.75 Å². The van der Waals surface area contributed by atoms with E-state index in [2.05, 4.69) is 0 Å². The third-order valence-corrected chi connectivity index (χ3v) is 4.99. The molecular weight excluding hydrogens is 324 g/mol. The van der Waals surface area contributed by atoms with E-state index in [1.54, 1.807) is 24.3 Å². The van der Waals surface area contributed by atoms with Gasteiger partial charge in [-0.25, -0.2) is 4.90 Å². The van der Waals surface area contributed by atoms with Gasteiger partial charge in [-0.15, -0.1) is 0 Å². The standard InChI is InChI=1S/C18H22N2O5/c1-2-25-14-5-3-4-13(10-14)20-16(21)11-15(17(20)22)19-8-6-12(7-9-19)18(23)24/h3-5,10,12,15H,2,6-9,11H2,1H3,(H,23,24). The zero-order chi connectivity index (χ0) is 18.0. The number of carboxylic acid groups (broad SMARTS) is 1. The van der Waals surface area contributed by atoms with E-state index in [1.165, 1.54) is 4.90 Å². The van der Waals surface area contributed by atoms with Crippen molar-refractivity contribution in [3.8, 4) is 5.75 Å². The fourth-order valence-corrected chi connectivity index (χ4v) is 3.67. The van der Waals surface area contributed by atoms with E-state index in [0.29, 0.717) is 44.0 Å². The largest absolute Gasteiger partial charge is 0.550 e. The lowest BCUT2D eigenvalue weighted by Crippen LogP contribution is -3.17. The summed E-state index contributed by atoms with van der Waals surface area (Å²) < 4.78 is 5.44. The molecule has 1 unspecified atom stereocenters. The summed E-state index contributed by atoms with van der Waals surface area (Å²) in [6.45, 7) is 3.50. The molecule has 7 nitrogen and oxygen atoms in total. The van der Waals surface area contributed by atoms with Crippen LogP contribution in [-0.2, 0) is 14.4 Å². The molecule has 0 spiro atoms. The SMILES string of the molecule is CCOc1cccc(N2C(=O)CC([NH+]3CCC(C(=O)[O-])CC3)C2=O)c1. The number of benzene rings is 1. The minimum atomic E-state index is -1.03. The maximum absolute atomic E-state index is 12.8. The number of anilines is 1. The maximum atomic E-state index is 12.8. The van der Waals surface area contributed by atoms with Crippen molar-refractivity contribution in [3.63, 3.8) is 0 Å². The number of imide groups is 1. The lowest BCUT2D eigenvalue weighted by atomic mass is 9.96. The summed E-state index contributed by atoms with van der Waals surface area (Å²) in [6.07, 6.45) is 1.12. The molecule has 2 amide bonds. The Morgan fingerprint density at radius 2 is 2.04 bits per heavy atom. The van der Waals surface area contributed by atoms with E-state index < -0.39 is 17.9 Å². The zero-order valence-corrected chi connectivity index (χ0v) is 14.2. The van der Waals surface area contributed by atoms with Gasteiger partial charge >= 0.3 is 0 Å². The highest BCUT2D eigenvalue weighted by Gasteiger charge is 2.46. The van der Waals surface area contributed by atoms with Crippen LogP contribution in [0.25, 0.3) is 0 Å². The normalized spacial score (nSPS) is 26.8. The van der Waals surface area contributed by atoms with Crippen LogP contribution in [0.2, 0.25) is 0 Å². The van der Waals surface area contributed by atoms with Crippen molar-refractivity contribution in [2.45, 2.75) is 32.2 Å². The summed E-state index contributed by atoms with van der Waals surface area (Å²) in [5.74, 6) is -1.30. The van der Waals surface area contributed by atoms with Gasteiger partial charge in [0.2, 0.25) is 5.91 Å². The Morgan fingerprint density at radius 3 is 2.68 bits per heavy atom. The summed E-state index contributed by atoms with van der Waals surface area (Å²) in [7, 11) is 0. The molecule has 2 aliphatic heterocycles. The van der Waals surface area contributed by atoms with Gasteiger partial charge in [0.05, 0.1) is 31.8 Å². The number of rotatable bonds is 5. The molecular formula is C18H22N2O5. The maximum Gasteiger partial charge on any atom is 0.292 e. The van der Waals surface area contributed by atoms with E-state index in [0.717, 1.165) is 4.90 Å². The molecule has 134 valence electrons. The Labute approximate surface area is 146 Å². The molecule has 7 heteroatoms. The van der Waals surface area contributed by atoms with Crippen molar-refractivity contribution < 1.29 is 29.1 Å². The van der Waals surface area contributed by atoms with Crippen LogP contribution in [0.1, 0.15) is 26.2 Å². The molecule has 3 rings (SSSR count). The molecule has 1 N–H and O–H groups in total. The number of piperidine rings is 1. The predicted molar refractivity (Wildman–Crippen MR) is 86.9 cm³/mol. The van der Waals surface area contributed by atoms with E-state index in [1.807, 2.05) is 6.92 Å².